The predicted molar refractivity (Wildman–Crippen MR) is 28.4 cm³/mol. The van der Waals surface area contributed by atoms with Crippen LogP contribution in [0.25, 0.3) is 0 Å². The van der Waals surface area contributed by atoms with Crippen molar-refractivity contribution in [3.05, 3.63) is 0 Å². The van der Waals surface area contributed by atoms with E-state index >= 15 is 0 Å². The van der Waals surface area contributed by atoms with E-state index in [0.717, 1.165) is 0 Å². The first-order chi connectivity index (χ1) is 2.94. The van der Waals surface area contributed by atoms with Gasteiger partial charge in [-0.05, 0) is 0 Å². The highest BCUT2D eigenvalue weighted by atomic mass is 35.5. The van der Waals surface area contributed by atoms with Crippen LogP contribution in [0.2, 0.25) is 0 Å². The van der Waals surface area contributed by atoms with Crippen molar-refractivity contribution in [1.29, 1.82) is 0 Å². The van der Waals surface area contributed by atoms with Crippen LogP contribution in [0, 0.1) is 0 Å². The number of nitrogens with two attached hydrogens (primary N) is 1. The van der Waals surface area contributed by atoms with E-state index in [1.54, 1.807) is 0 Å². The highest BCUT2D eigenvalue weighted by molar-refractivity contribution is 8.03. The molecule has 50 valence electrons. The molecule has 0 radical (unpaired) electrons. The summed E-state index contributed by atoms with van der Waals surface area (Å²) in [6, 6.07) is 0. The number of hydrogen-bond donors (Lipinski definition) is 2. The van der Waals surface area contributed by atoms with Gasteiger partial charge in [0.05, 0.1) is 0 Å². The van der Waals surface area contributed by atoms with Gasteiger partial charge in [-0.15, -0.1) is 12.4 Å². The minimum Gasteiger partial charge on any atom is -0.469 e. The van der Waals surface area contributed by atoms with Crippen LogP contribution < -0.4 is 5.14 Å². The summed E-state index contributed by atoms with van der Waals surface area (Å²) in [6.45, 7) is 0. The first-order valence-electron chi connectivity index (χ1n) is 1.20. The second-order valence-electron chi connectivity index (χ2n) is 0.811. The van der Waals surface area contributed by atoms with Gasteiger partial charge in [-0.2, -0.15) is 0 Å². The molecule has 0 aliphatic rings. The van der Waals surface area contributed by atoms with E-state index in [-0.39, 0.29) is 12.4 Å². The molecule has 0 aliphatic carbocycles. The summed E-state index contributed by atoms with van der Waals surface area (Å²) < 4.78 is 19.0. The highest BCUT2D eigenvalue weighted by Crippen LogP contribution is 1.74. The van der Waals surface area contributed by atoms with Crippen LogP contribution in [0.15, 0.2) is 0 Å². The molecule has 0 saturated heterocycles. The molecule has 0 amide bonds. The van der Waals surface area contributed by atoms with E-state index in [4.69, 9.17) is 5.11 Å². The van der Waals surface area contributed by atoms with Gasteiger partial charge >= 0.3 is 15.3 Å². The lowest BCUT2D eigenvalue weighted by Gasteiger charge is -1.80. The lowest BCUT2D eigenvalue weighted by molar-refractivity contribution is 0.219. The van der Waals surface area contributed by atoms with Gasteiger partial charge < -0.3 is 5.11 Å². The zero-order valence-corrected chi connectivity index (χ0v) is 5.20. The van der Waals surface area contributed by atoms with Crippen molar-refractivity contribution in [2.45, 2.75) is 0 Å². The fraction of sp³-hybridized carbons (Fsp3) is 0. The van der Waals surface area contributed by atoms with Crippen molar-refractivity contribution in [2.75, 3.05) is 0 Å². The summed E-state index contributed by atoms with van der Waals surface area (Å²) in [5, 5.41) is 9.58. The van der Waals surface area contributed by atoms with Gasteiger partial charge in [0.15, 0.2) is 0 Å². The minimum absolute atomic E-state index is 0. The smallest absolute Gasteiger partial charge is 0.437 e. The lowest BCUT2D eigenvalue weighted by Crippen LogP contribution is -2.20. The zero-order valence-electron chi connectivity index (χ0n) is 3.57. The Morgan fingerprint density at radius 1 is 1.50 bits per heavy atom. The first kappa shape index (κ1) is 10.6. The van der Waals surface area contributed by atoms with Crippen LogP contribution in [-0.4, -0.2) is 18.8 Å². The second-order valence-corrected chi connectivity index (χ2v) is 2.25. The molecule has 0 saturated carbocycles. The van der Waals surface area contributed by atoms with Crippen LogP contribution in [0.3, 0.4) is 0 Å². The van der Waals surface area contributed by atoms with Gasteiger partial charge in [0.25, 0.3) is 0 Å². The number of sulfonamides is 1. The van der Waals surface area contributed by atoms with Crippen LogP contribution in [0.5, 0.6) is 0 Å². The predicted octanol–water partition coefficient (Wildman–Crippen LogP) is -0.625. The molecular formula is CH4ClNO4S. The SMILES string of the molecule is Cl.NS(=O)(=O)C(=O)O. The van der Waals surface area contributed by atoms with Crippen LogP contribution >= 0.6 is 12.4 Å². The number of rotatable bonds is 0. The maximum atomic E-state index is 9.51. The van der Waals surface area contributed by atoms with E-state index in [1.807, 2.05) is 0 Å². The van der Waals surface area contributed by atoms with Gasteiger partial charge in [0, 0.05) is 0 Å². The van der Waals surface area contributed by atoms with Crippen LogP contribution in [0.4, 0.5) is 4.79 Å². The summed E-state index contributed by atoms with van der Waals surface area (Å²) in [5.74, 6) is 0. The summed E-state index contributed by atoms with van der Waals surface area (Å²) >= 11 is 0. The summed E-state index contributed by atoms with van der Waals surface area (Å²) in [4.78, 5) is 9.31. The Kier molecular flexibility index (Phi) is 3.78. The first-order valence-corrected chi connectivity index (χ1v) is 2.75. The van der Waals surface area contributed by atoms with Crippen molar-refractivity contribution in [3.8, 4) is 0 Å². The van der Waals surface area contributed by atoms with Gasteiger partial charge in [-0.25, -0.2) is 18.4 Å². The standard InChI is InChI=1S/CH3NO4S.ClH/c2-7(5,6)1(3)4;/h(H,3,4)(H2,2,5,6);1H. The molecule has 0 heterocycles. The highest BCUT2D eigenvalue weighted by Gasteiger charge is 2.11. The zero-order chi connectivity index (χ0) is 6.08. The molecule has 8 heavy (non-hydrogen) atoms. The van der Waals surface area contributed by atoms with E-state index < -0.39 is 15.3 Å². The van der Waals surface area contributed by atoms with Crippen molar-refractivity contribution < 1.29 is 18.3 Å². The number of hydrogen-bond acceptors (Lipinski definition) is 3. The Hall–Kier alpha value is -0.330. The molecule has 7 heteroatoms. The topological polar surface area (TPSA) is 97.5 Å². The maximum absolute atomic E-state index is 9.51. The maximum Gasteiger partial charge on any atom is 0.437 e. The lowest BCUT2D eigenvalue weighted by atomic mass is 11.6. The molecule has 3 N–H and O–H groups in total. The van der Waals surface area contributed by atoms with E-state index in [1.165, 1.54) is 0 Å². The Morgan fingerprint density at radius 2 is 1.62 bits per heavy atom. The largest absolute Gasteiger partial charge is 0.469 e. The van der Waals surface area contributed by atoms with Crippen molar-refractivity contribution in [1.82, 2.24) is 0 Å². The van der Waals surface area contributed by atoms with E-state index in [2.05, 4.69) is 5.14 Å². The Labute approximate surface area is 51.9 Å². The molecule has 0 aliphatic heterocycles. The molecule has 0 rings (SSSR count). The number of halogens is 1. The Morgan fingerprint density at radius 3 is 1.62 bits per heavy atom. The minimum atomic E-state index is -4.32. The Bertz CT molecular complexity index is 170. The molecule has 0 unspecified atom stereocenters. The average molecular weight is 162 g/mol. The van der Waals surface area contributed by atoms with E-state index in [0.29, 0.717) is 0 Å². The monoisotopic (exact) mass is 161 g/mol. The van der Waals surface area contributed by atoms with Gasteiger partial charge in [0.1, 0.15) is 0 Å². The van der Waals surface area contributed by atoms with Gasteiger partial charge in [-0.1, -0.05) is 0 Å². The van der Waals surface area contributed by atoms with E-state index in [9.17, 15) is 13.2 Å². The molecule has 0 spiro atoms. The molecule has 5 nitrogen and oxygen atoms in total. The second kappa shape index (κ2) is 2.85. The number of carbonyl (C=O) groups is 1. The van der Waals surface area contributed by atoms with Gasteiger partial charge in [-0.3, -0.25) is 0 Å². The molecule has 0 aromatic carbocycles. The number of primary sulfonamides is 1. The fourth-order valence-corrected chi connectivity index (χ4v) is 0. The van der Waals surface area contributed by atoms with Crippen molar-refractivity contribution >= 4 is 27.7 Å². The molecule has 0 bridgehead atoms. The third-order valence-corrected chi connectivity index (χ3v) is 0.730. The van der Waals surface area contributed by atoms with Crippen molar-refractivity contribution in [2.24, 2.45) is 5.14 Å². The molecule has 0 aromatic heterocycles. The van der Waals surface area contributed by atoms with Gasteiger partial charge in [0.2, 0.25) is 0 Å². The molecule has 0 aromatic rings. The summed E-state index contributed by atoms with van der Waals surface area (Å²) in [6.07, 6.45) is 0. The quantitative estimate of drug-likeness (QED) is 0.495. The number of carboxylic acid groups (broad SMARTS) is 1. The molecule has 0 atom stereocenters. The average Bonchev–Trinajstić information content (AvgIpc) is 1.31. The summed E-state index contributed by atoms with van der Waals surface area (Å²) in [5.41, 5.74) is 0. The third-order valence-electron chi connectivity index (χ3n) is 0.243. The molecule has 0 fully saturated rings. The Balaban J connectivity index is 0. The van der Waals surface area contributed by atoms with Crippen LogP contribution in [-0.2, 0) is 10.0 Å². The van der Waals surface area contributed by atoms with Crippen LogP contribution in [0.1, 0.15) is 0 Å². The molecular weight excluding hydrogens is 158 g/mol. The summed E-state index contributed by atoms with van der Waals surface area (Å²) in [7, 11) is -4.32. The fourth-order valence-electron chi connectivity index (χ4n) is 0. The van der Waals surface area contributed by atoms with Crippen molar-refractivity contribution in [3.63, 3.8) is 0 Å². The third kappa shape index (κ3) is 3.85. The normalized spacial score (nSPS) is 9.62.